The van der Waals surface area contributed by atoms with Crippen molar-refractivity contribution in [2.75, 3.05) is 13.1 Å². The van der Waals surface area contributed by atoms with Crippen molar-refractivity contribution in [3.63, 3.8) is 0 Å². The summed E-state index contributed by atoms with van der Waals surface area (Å²) in [5.74, 6) is -0.237. The molecule has 0 aliphatic carbocycles. The van der Waals surface area contributed by atoms with Gasteiger partial charge < -0.3 is 4.90 Å². The second kappa shape index (κ2) is 8.32. The second-order valence-corrected chi connectivity index (χ2v) is 9.29. The van der Waals surface area contributed by atoms with Crippen molar-refractivity contribution in [2.24, 2.45) is 0 Å². The van der Waals surface area contributed by atoms with E-state index < -0.39 is 10.0 Å². The number of hydrogen-bond donors (Lipinski definition) is 1. The lowest BCUT2D eigenvalue weighted by molar-refractivity contribution is 0.0702. The number of carbonyl (C=O) groups excluding carboxylic acids is 1. The molecule has 0 unspecified atom stereocenters. The maximum Gasteiger partial charge on any atom is 0.274 e. The number of aromatic nitrogens is 2. The van der Waals surface area contributed by atoms with Crippen LogP contribution in [0.5, 0.6) is 0 Å². The van der Waals surface area contributed by atoms with Crippen LogP contribution in [0, 0.1) is 0 Å². The minimum Gasteiger partial charge on any atom is -0.337 e. The van der Waals surface area contributed by atoms with Crippen LogP contribution in [0.25, 0.3) is 0 Å². The molecule has 1 fully saturated rings. The van der Waals surface area contributed by atoms with Crippen molar-refractivity contribution in [1.82, 2.24) is 19.4 Å². The van der Waals surface area contributed by atoms with Crippen LogP contribution in [-0.2, 0) is 16.6 Å². The van der Waals surface area contributed by atoms with Gasteiger partial charge in [0.1, 0.15) is 9.90 Å². The Morgan fingerprint density at radius 3 is 2.67 bits per heavy atom. The van der Waals surface area contributed by atoms with Crippen molar-refractivity contribution >= 4 is 27.3 Å². The molecule has 0 bridgehead atoms. The van der Waals surface area contributed by atoms with E-state index >= 15 is 0 Å². The van der Waals surface area contributed by atoms with E-state index in [1.54, 1.807) is 22.4 Å². The molecule has 2 aromatic heterocycles. The number of sulfonamides is 1. The van der Waals surface area contributed by atoms with Crippen LogP contribution in [-0.4, -0.2) is 48.1 Å². The zero-order chi connectivity index (χ0) is 19.4. The fourth-order valence-corrected chi connectivity index (χ4v) is 5.31. The summed E-state index contributed by atoms with van der Waals surface area (Å²) in [7, 11) is -3.51. The molecule has 10 heteroatoms. The van der Waals surface area contributed by atoms with Gasteiger partial charge in [0.25, 0.3) is 11.5 Å². The SMILES string of the molecule is CCCn1nc(C(=O)N2CCC(NS(=O)(=O)c3cccs3)CC2)ccc1=O. The lowest BCUT2D eigenvalue weighted by Gasteiger charge is -2.32. The van der Waals surface area contributed by atoms with Crippen molar-refractivity contribution in [3.8, 4) is 0 Å². The van der Waals surface area contributed by atoms with Crippen LogP contribution in [0.3, 0.4) is 0 Å². The number of carbonyl (C=O) groups is 1. The highest BCUT2D eigenvalue weighted by atomic mass is 32.2. The topological polar surface area (TPSA) is 101 Å². The molecule has 0 aromatic carbocycles. The van der Waals surface area contributed by atoms with E-state index in [0.29, 0.717) is 36.7 Å². The van der Waals surface area contributed by atoms with Gasteiger partial charge in [0, 0.05) is 31.7 Å². The molecular formula is C17H22N4O4S2. The van der Waals surface area contributed by atoms with E-state index in [4.69, 9.17) is 0 Å². The minimum atomic E-state index is -3.51. The van der Waals surface area contributed by atoms with E-state index in [-0.39, 0.29) is 23.2 Å². The summed E-state index contributed by atoms with van der Waals surface area (Å²) in [6, 6.07) is 5.87. The van der Waals surface area contributed by atoms with Gasteiger partial charge in [-0.1, -0.05) is 13.0 Å². The summed E-state index contributed by atoms with van der Waals surface area (Å²) < 4.78 is 28.9. The zero-order valence-electron chi connectivity index (χ0n) is 15.0. The van der Waals surface area contributed by atoms with E-state index in [2.05, 4.69) is 9.82 Å². The standard InChI is InChI=1S/C17H22N4O4S2/c1-2-9-21-15(22)6-5-14(18-21)17(23)20-10-7-13(8-11-20)19-27(24,25)16-4-3-12-26-16/h3-6,12-13,19H,2,7-11H2,1H3. The molecule has 8 nitrogen and oxygen atoms in total. The lowest BCUT2D eigenvalue weighted by Crippen LogP contribution is -2.46. The van der Waals surface area contributed by atoms with Gasteiger partial charge in [0.15, 0.2) is 0 Å². The van der Waals surface area contributed by atoms with Gasteiger partial charge in [-0.05, 0) is 36.8 Å². The first-order valence-corrected chi connectivity index (χ1v) is 11.2. The fraction of sp³-hybridized carbons (Fsp3) is 0.471. The second-order valence-electron chi connectivity index (χ2n) is 6.40. The molecule has 3 rings (SSSR count). The Morgan fingerprint density at radius 1 is 1.30 bits per heavy atom. The first kappa shape index (κ1) is 19.7. The average molecular weight is 411 g/mol. The van der Waals surface area contributed by atoms with Crippen LogP contribution < -0.4 is 10.3 Å². The summed E-state index contributed by atoms with van der Waals surface area (Å²) in [4.78, 5) is 26.1. The fourth-order valence-electron chi connectivity index (χ4n) is 2.99. The van der Waals surface area contributed by atoms with Crippen LogP contribution in [0.2, 0.25) is 0 Å². The average Bonchev–Trinajstić information content (AvgIpc) is 3.19. The van der Waals surface area contributed by atoms with Crippen molar-refractivity contribution in [3.05, 3.63) is 45.7 Å². The molecule has 27 heavy (non-hydrogen) atoms. The number of hydrogen-bond acceptors (Lipinski definition) is 6. The lowest BCUT2D eigenvalue weighted by atomic mass is 10.1. The number of piperidine rings is 1. The van der Waals surface area contributed by atoms with Crippen LogP contribution in [0.4, 0.5) is 0 Å². The molecule has 1 saturated heterocycles. The molecule has 1 aliphatic heterocycles. The Balaban J connectivity index is 1.61. The largest absolute Gasteiger partial charge is 0.337 e. The third-order valence-corrected chi connectivity index (χ3v) is 7.30. The Kier molecular flexibility index (Phi) is 6.08. The number of nitrogens with one attached hydrogen (secondary N) is 1. The third kappa shape index (κ3) is 4.63. The van der Waals surface area contributed by atoms with E-state index in [1.165, 1.54) is 28.2 Å². The molecule has 1 amide bonds. The number of thiophene rings is 1. The van der Waals surface area contributed by atoms with E-state index in [0.717, 1.165) is 6.42 Å². The number of aryl methyl sites for hydroxylation is 1. The van der Waals surface area contributed by atoms with Crippen LogP contribution in [0.1, 0.15) is 36.7 Å². The summed E-state index contributed by atoms with van der Waals surface area (Å²) in [6.07, 6.45) is 1.82. The molecule has 2 aromatic rings. The van der Waals surface area contributed by atoms with Gasteiger partial charge in [0.2, 0.25) is 10.0 Å². The molecule has 0 saturated carbocycles. The Morgan fingerprint density at radius 2 is 2.04 bits per heavy atom. The monoisotopic (exact) mass is 410 g/mol. The molecular weight excluding hydrogens is 388 g/mol. The predicted octanol–water partition coefficient (Wildman–Crippen LogP) is 1.30. The van der Waals surface area contributed by atoms with Gasteiger partial charge in [-0.3, -0.25) is 9.59 Å². The smallest absolute Gasteiger partial charge is 0.274 e. The minimum absolute atomic E-state index is 0.205. The number of likely N-dealkylation sites (tertiary alicyclic amines) is 1. The maximum atomic E-state index is 12.7. The van der Waals surface area contributed by atoms with Crippen molar-refractivity contribution in [1.29, 1.82) is 0 Å². The van der Waals surface area contributed by atoms with Gasteiger partial charge in [-0.2, -0.15) is 5.10 Å². The van der Waals surface area contributed by atoms with Crippen LogP contribution >= 0.6 is 11.3 Å². The number of rotatable bonds is 6. The highest BCUT2D eigenvalue weighted by Crippen LogP contribution is 2.19. The highest BCUT2D eigenvalue weighted by Gasteiger charge is 2.28. The quantitative estimate of drug-likeness (QED) is 0.773. The van der Waals surface area contributed by atoms with Gasteiger partial charge in [-0.15, -0.1) is 11.3 Å². The summed E-state index contributed by atoms with van der Waals surface area (Å²) in [5, 5.41) is 5.88. The predicted molar refractivity (Wildman–Crippen MR) is 102 cm³/mol. The molecule has 1 N–H and O–H groups in total. The Bertz CT molecular complexity index is 946. The molecule has 146 valence electrons. The Hall–Kier alpha value is -2.04. The summed E-state index contributed by atoms with van der Waals surface area (Å²) >= 11 is 1.18. The first-order valence-electron chi connectivity index (χ1n) is 8.84. The first-order chi connectivity index (χ1) is 12.9. The van der Waals surface area contributed by atoms with Gasteiger partial charge in [-0.25, -0.2) is 17.8 Å². The normalized spacial score (nSPS) is 15.8. The van der Waals surface area contributed by atoms with Gasteiger partial charge in [0.05, 0.1) is 0 Å². The summed E-state index contributed by atoms with van der Waals surface area (Å²) in [6.45, 7) is 3.27. The Labute approximate surface area is 161 Å². The summed E-state index contributed by atoms with van der Waals surface area (Å²) in [5.41, 5.74) is 0.00996. The van der Waals surface area contributed by atoms with E-state index in [1.807, 2.05) is 6.92 Å². The van der Waals surface area contributed by atoms with E-state index in [9.17, 15) is 18.0 Å². The van der Waals surface area contributed by atoms with Gasteiger partial charge >= 0.3 is 0 Å². The van der Waals surface area contributed by atoms with Crippen LogP contribution in [0.15, 0.2) is 38.6 Å². The molecule has 3 heterocycles. The van der Waals surface area contributed by atoms with Crippen molar-refractivity contribution in [2.45, 2.75) is 43.0 Å². The molecule has 1 aliphatic rings. The molecule has 0 spiro atoms. The highest BCUT2D eigenvalue weighted by molar-refractivity contribution is 7.91. The molecule has 0 radical (unpaired) electrons. The van der Waals surface area contributed by atoms with Crippen molar-refractivity contribution < 1.29 is 13.2 Å². The zero-order valence-corrected chi connectivity index (χ0v) is 16.6. The molecule has 0 atom stereocenters. The maximum absolute atomic E-state index is 12.7. The number of nitrogens with zero attached hydrogens (tertiary/aromatic N) is 3. The number of amides is 1. The third-order valence-electron chi connectivity index (χ3n) is 4.39.